The first kappa shape index (κ1) is 27.7. The molecular formula is C34H33ClN6O. The molecule has 42 heavy (non-hydrogen) atoms. The van der Waals surface area contributed by atoms with Gasteiger partial charge < -0.3 is 14.8 Å². The van der Waals surface area contributed by atoms with Gasteiger partial charge in [0.05, 0.1) is 17.3 Å². The fourth-order valence-corrected chi connectivity index (χ4v) is 6.50. The van der Waals surface area contributed by atoms with Crippen molar-refractivity contribution in [2.45, 2.75) is 45.1 Å². The highest BCUT2D eigenvalue weighted by Crippen LogP contribution is 2.45. The number of aryl methyl sites for hydroxylation is 2. The summed E-state index contributed by atoms with van der Waals surface area (Å²) >= 11 is 6.59. The fraction of sp³-hybridized carbons (Fsp3) is 0.294. The Morgan fingerprint density at radius 1 is 1.10 bits per heavy atom. The van der Waals surface area contributed by atoms with Crippen molar-refractivity contribution in [2.24, 2.45) is 5.92 Å². The fourth-order valence-electron chi connectivity index (χ4n) is 6.33. The van der Waals surface area contributed by atoms with Gasteiger partial charge in [-0.1, -0.05) is 23.7 Å². The lowest BCUT2D eigenvalue weighted by Gasteiger charge is -2.36. The maximum absolute atomic E-state index is 13.1. The van der Waals surface area contributed by atoms with Crippen molar-refractivity contribution in [1.29, 1.82) is 5.26 Å². The Balaban J connectivity index is 1.22. The molecule has 6 rings (SSSR count). The second-order valence-electron chi connectivity index (χ2n) is 11.1. The van der Waals surface area contributed by atoms with Gasteiger partial charge in [0.15, 0.2) is 0 Å². The minimum Gasteiger partial charge on any atom is -0.335 e. The molecule has 3 heterocycles. The summed E-state index contributed by atoms with van der Waals surface area (Å²) in [5.74, 6) is 1.47. The van der Waals surface area contributed by atoms with Crippen LogP contribution in [0.25, 0.3) is 11.6 Å². The summed E-state index contributed by atoms with van der Waals surface area (Å²) < 4.78 is 2.19. The molecule has 2 aliphatic rings. The van der Waals surface area contributed by atoms with E-state index in [1.807, 2.05) is 42.5 Å². The van der Waals surface area contributed by atoms with Gasteiger partial charge in [-0.3, -0.25) is 4.98 Å². The Labute approximate surface area is 251 Å². The monoisotopic (exact) mass is 576 g/mol. The Hall–Kier alpha value is -4.41. The molecule has 212 valence electrons. The van der Waals surface area contributed by atoms with Crippen molar-refractivity contribution in [1.82, 2.24) is 19.4 Å². The third-order valence-electron chi connectivity index (χ3n) is 8.52. The van der Waals surface area contributed by atoms with Crippen molar-refractivity contribution >= 4 is 35.0 Å². The number of carbonyl (C=O) groups excluding carboxylic acids is 1. The number of rotatable bonds is 6. The average molecular weight is 577 g/mol. The first-order valence-corrected chi connectivity index (χ1v) is 14.9. The predicted molar refractivity (Wildman–Crippen MR) is 166 cm³/mol. The third-order valence-corrected chi connectivity index (χ3v) is 8.76. The van der Waals surface area contributed by atoms with Gasteiger partial charge in [0, 0.05) is 54.9 Å². The normalized spacial score (nSPS) is 16.5. The molecule has 2 aromatic heterocycles. The molecule has 1 unspecified atom stereocenters. The number of pyridine rings is 1. The Bertz CT molecular complexity index is 1660. The van der Waals surface area contributed by atoms with Gasteiger partial charge in [-0.25, -0.2) is 9.78 Å². The summed E-state index contributed by atoms with van der Waals surface area (Å²) in [5.41, 5.74) is 7.26. The lowest BCUT2D eigenvalue weighted by molar-refractivity contribution is 0.177. The van der Waals surface area contributed by atoms with Crippen LogP contribution in [0.3, 0.4) is 0 Å². The average Bonchev–Trinajstić information content (AvgIpc) is 3.37. The lowest BCUT2D eigenvalue weighted by Crippen LogP contribution is -2.42. The minimum atomic E-state index is -0.109. The summed E-state index contributed by atoms with van der Waals surface area (Å²) in [5, 5.41) is 12.7. The number of imidazole rings is 1. The predicted octanol–water partition coefficient (Wildman–Crippen LogP) is 7.52. The standard InChI is InChI=1S/C34H33ClN6O/c1-23-37-15-19-40(23)16-3-5-26-20-27-4-2-14-38-33(27)32(30-11-8-28(35)21-31(26)30)25-12-17-41(18-13-25)34(42)39-29-9-6-24(22-36)7-10-29/h2,4,6-11,14-15,19-21,25,32H,3,5,12-13,16-18H2,1H3,(H,39,42). The molecule has 1 aliphatic carbocycles. The SMILES string of the molecule is Cc1nccn1CCCC1=Cc2cccnc2C(C2CCN(C(=O)Nc3ccc(C#N)cc3)CC2)c2ccc(Cl)cc21. The topological polar surface area (TPSA) is 86.8 Å². The van der Waals surface area contributed by atoms with Gasteiger partial charge in [0.2, 0.25) is 0 Å². The van der Waals surface area contributed by atoms with Gasteiger partial charge in [0.25, 0.3) is 0 Å². The molecule has 4 aromatic rings. The highest BCUT2D eigenvalue weighted by atomic mass is 35.5. The molecule has 1 aliphatic heterocycles. The van der Waals surface area contributed by atoms with Crippen LogP contribution in [-0.4, -0.2) is 38.6 Å². The highest BCUT2D eigenvalue weighted by Gasteiger charge is 2.35. The number of piperidine rings is 1. The van der Waals surface area contributed by atoms with Crippen LogP contribution >= 0.6 is 11.6 Å². The van der Waals surface area contributed by atoms with Crippen LogP contribution in [0.5, 0.6) is 0 Å². The smallest absolute Gasteiger partial charge is 0.321 e. The summed E-state index contributed by atoms with van der Waals surface area (Å²) in [6.45, 7) is 4.28. The van der Waals surface area contributed by atoms with Crippen molar-refractivity contribution in [3.05, 3.63) is 112 Å². The molecule has 1 atom stereocenters. The second kappa shape index (κ2) is 12.2. The van der Waals surface area contributed by atoms with Gasteiger partial charge in [0.1, 0.15) is 5.82 Å². The molecule has 0 radical (unpaired) electrons. The van der Waals surface area contributed by atoms with E-state index in [9.17, 15) is 4.79 Å². The molecular weight excluding hydrogens is 544 g/mol. The third kappa shape index (κ3) is 5.81. The van der Waals surface area contributed by atoms with Crippen LogP contribution in [-0.2, 0) is 6.54 Å². The lowest BCUT2D eigenvalue weighted by atomic mass is 9.76. The maximum atomic E-state index is 13.1. The Morgan fingerprint density at radius 3 is 2.64 bits per heavy atom. The highest BCUT2D eigenvalue weighted by molar-refractivity contribution is 6.30. The second-order valence-corrected chi connectivity index (χ2v) is 11.5. The van der Waals surface area contributed by atoms with Crippen LogP contribution in [0.2, 0.25) is 5.02 Å². The quantitative estimate of drug-likeness (QED) is 0.257. The number of hydrogen-bond acceptors (Lipinski definition) is 4. The van der Waals surface area contributed by atoms with E-state index >= 15 is 0 Å². The molecule has 1 N–H and O–H groups in total. The molecule has 7 nitrogen and oxygen atoms in total. The zero-order valence-electron chi connectivity index (χ0n) is 23.6. The number of halogens is 1. The Kier molecular flexibility index (Phi) is 8.07. The number of nitrogens with zero attached hydrogens (tertiary/aromatic N) is 5. The van der Waals surface area contributed by atoms with E-state index in [0.29, 0.717) is 30.3 Å². The summed E-state index contributed by atoms with van der Waals surface area (Å²) in [4.78, 5) is 24.2. The molecule has 2 amide bonds. The Morgan fingerprint density at radius 2 is 1.90 bits per heavy atom. The number of amides is 2. The van der Waals surface area contributed by atoms with Gasteiger partial charge >= 0.3 is 6.03 Å². The van der Waals surface area contributed by atoms with Crippen molar-refractivity contribution < 1.29 is 4.79 Å². The molecule has 8 heteroatoms. The van der Waals surface area contributed by atoms with Crippen LogP contribution in [0, 0.1) is 24.2 Å². The molecule has 1 saturated heterocycles. The molecule has 1 fully saturated rings. The first-order chi connectivity index (χ1) is 20.5. The number of aromatic nitrogens is 3. The van der Waals surface area contributed by atoms with Crippen molar-refractivity contribution in [2.75, 3.05) is 18.4 Å². The zero-order valence-corrected chi connectivity index (χ0v) is 24.4. The summed E-state index contributed by atoms with van der Waals surface area (Å²) in [6.07, 6.45) is 11.7. The van der Waals surface area contributed by atoms with E-state index in [1.54, 1.807) is 24.3 Å². The zero-order chi connectivity index (χ0) is 29.1. The largest absolute Gasteiger partial charge is 0.335 e. The number of nitrogens with one attached hydrogen (secondary N) is 1. The van der Waals surface area contributed by atoms with E-state index < -0.39 is 0 Å². The van der Waals surface area contributed by atoms with E-state index in [-0.39, 0.29) is 11.9 Å². The molecule has 2 aromatic carbocycles. The number of allylic oxidation sites excluding steroid dienone is 1. The van der Waals surface area contributed by atoms with Crippen molar-refractivity contribution in [3.8, 4) is 6.07 Å². The molecule has 0 bridgehead atoms. The number of anilines is 1. The van der Waals surface area contributed by atoms with E-state index in [0.717, 1.165) is 54.3 Å². The number of carbonyl (C=O) groups is 1. The number of urea groups is 1. The molecule has 0 saturated carbocycles. The van der Waals surface area contributed by atoms with Crippen LogP contribution in [0.15, 0.2) is 73.2 Å². The van der Waals surface area contributed by atoms with Crippen LogP contribution in [0.4, 0.5) is 10.5 Å². The number of fused-ring (bicyclic) bond motifs is 2. The maximum Gasteiger partial charge on any atom is 0.321 e. The number of benzene rings is 2. The molecule has 0 spiro atoms. The van der Waals surface area contributed by atoms with E-state index in [4.69, 9.17) is 21.8 Å². The minimum absolute atomic E-state index is 0.109. The van der Waals surface area contributed by atoms with Gasteiger partial charge in [-0.15, -0.1) is 0 Å². The van der Waals surface area contributed by atoms with E-state index in [2.05, 4.69) is 45.2 Å². The first-order valence-electron chi connectivity index (χ1n) is 14.5. The van der Waals surface area contributed by atoms with Crippen LogP contribution < -0.4 is 5.32 Å². The summed E-state index contributed by atoms with van der Waals surface area (Å²) in [6, 6.07) is 19.4. The number of likely N-dealkylation sites (tertiary alicyclic amines) is 1. The van der Waals surface area contributed by atoms with Crippen LogP contribution in [0.1, 0.15) is 65.4 Å². The summed E-state index contributed by atoms with van der Waals surface area (Å²) in [7, 11) is 0. The van der Waals surface area contributed by atoms with Crippen molar-refractivity contribution in [3.63, 3.8) is 0 Å². The van der Waals surface area contributed by atoms with E-state index in [1.165, 1.54) is 16.7 Å². The number of nitriles is 1. The number of hydrogen-bond donors (Lipinski definition) is 1. The van der Waals surface area contributed by atoms with Gasteiger partial charge in [-0.05, 0) is 109 Å². The van der Waals surface area contributed by atoms with Gasteiger partial charge in [-0.2, -0.15) is 5.26 Å².